The predicted octanol–water partition coefficient (Wildman–Crippen LogP) is 7.67. The van der Waals surface area contributed by atoms with Gasteiger partial charge in [-0.1, -0.05) is 79.7 Å². The summed E-state index contributed by atoms with van der Waals surface area (Å²) < 4.78 is 1.86. The average Bonchev–Trinajstić information content (AvgIpc) is 3.40. The van der Waals surface area contributed by atoms with Crippen LogP contribution < -0.4 is 0 Å². The number of rotatable bonds is 7. The molecular weight excluding hydrogens is 546 g/mol. The van der Waals surface area contributed by atoms with Crippen molar-refractivity contribution >= 4 is 35.3 Å². The van der Waals surface area contributed by atoms with Crippen molar-refractivity contribution in [1.82, 2.24) is 14.8 Å². The zero-order valence-corrected chi connectivity index (χ0v) is 23.4. The minimum Gasteiger partial charge on any atom is -0.478 e. The van der Waals surface area contributed by atoms with Crippen LogP contribution in [0.4, 0.5) is 0 Å². The maximum absolute atomic E-state index is 12.4. The number of aromatic carboxylic acids is 2. The van der Waals surface area contributed by atoms with Gasteiger partial charge in [-0.2, -0.15) is 0 Å². The summed E-state index contributed by atoms with van der Waals surface area (Å²) in [4.78, 5) is 24.6. The van der Waals surface area contributed by atoms with Gasteiger partial charge in [-0.3, -0.25) is 4.57 Å². The minimum absolute atomic E-state index is 0.114. The molecule has 0 bridgehead atoms. The number of hydrogen-bond acceptors (Lipinski definition) is 5. The first kappa shape index (κ1) is 27.0. The summed E-state index contributed by atoms with van der Waals surface area (Å²) in [7, 11) is 0. The number of hydrogen-bond donors (Lipinski definition) is 3. The van der Waals surface area contributed by atoms with Crippen molar-refractivity contribution in [3.05, 3.63) is 120 Å². The average molecular weight is 572 g/mol. The van der Waals surface area contributed by atoms with Crippen LogP contribution in [0.1, 0.15) is 33.2 Å². The first-order valence-corrected chi connectivity index (χ1v) is 13.8. The Labute approximate surface area is 247 Å². The lowest BCUT2D eigenvalue weighted by molar-refractivity contribution is 0.0687. The molecule has 206 valence electrons. The van der Waals surface area contributed by atoms with E-state index in [4.69, 9.17) is 0 Å². The largest absolute Gasteiger partial charge is 0.478 e. The number of aromatic nitrogens is 3. The van der Waals surface area contributed by atoms with Crippen LogP contribution in [-0.2, 0) is 6.42 Å². The molecule has 0 atom stereocenters. The van der Waals surface area contributed by atoms with Gasteiger partial charge in [0.05, 0.1) is 16.8 Å². The highest BCUT2D eigenvalue weighted by molar-refractivity contribution is 7.80. The topological polar surface area (TPSA) is 105 Å². The third kappa shape index (κ3) is 4.61. The summed E-state index contributed by atoms with van der Waals surface area (Å²) in [6.07, 6.45) is 0.591. The zero-order chi connectivity index (χ0) is 29.4. The summed E-state index contributed by atoms with van der Waals surface area (Å²) in [5.41, 5.74) is 4.95. The van der Waals surface area contributed by atoms with E-state index in [1.54, 1.807) is 48.5 Å². The fourth-order valence-corrected chi connectivity index (χ4v) is 5.73. The molecule has 1 aromatic heterocycles. The fourth-order valence-electron chi connectivity index (χ4n) is 5.48. The lowest BCUT2D eigenvalue weighted by atomic mass is 9.86. The molecule has 6 aromatic rings. The van der Waals surface area contributed by atoms with Crippen LogP contribution >= 0.6 is 12.6 Å². The maximum Gasteiger partial charge on any atom is 0.336 e. The Kier molecular flexibility index (Phi) is 7.06. The standard InChI is InChI=1S/C34H25N3O4S/c1-2-20-18-29(31-35-36-34(42)37(31)30-17-9-11-21-10-3-4-12-22(21)30)28(24-14-6-8-16-26(24)33(40)41)19-27(20)23-13-5-7-15-25(23)32(38)39/h3-19H,2H2,1H3,(H,36,42)(H,38,39)(H,40,41). The first-order chi connectivity index (χ1) is 20.4. The number of aryl methyl sites for hydroxylation is 1. The van der Waals surface area contributed by atoms with Gasteiger partial charge in [-0.05, 0) is 70.0 Å². The summed E-state index contributed by atoms with van der Waals surface area (Å²) >= 11 is 4.67. The van der Waals surface area contributed by atoms with E-state index in [0.29, 0.717) is 45.2 Å². The van der Waals surface area contributed by atoms with Gasteiger partial charge in [0.15, 0.2) is 11.0 Å². The molecule has 0 spiro atoms. The molecule has 0 aliphatic heterocycles. The Morgan fingerprint density at radius 3 is 1.95 bits per heavy atom. The summed E-state index contributed by atoms with van der Waals surface area (Å²) in [6, 6.07) is 31.4. The summed E-state index contributed by atoms with van der Waals surface area (Å²) in [5, 5.41) is 31.4. The van der Waals surface area contributed by atoms with Gasteiger partial charge in [0, 0.05) is 10.9 Å². The lowest BCUT2D eigenvalue weighted by Gasteiger charge is -2.19. The van der Waals surface area contributed by atoms with Gasteiger partial charge in [0.1, 0.15) is 0 Å². The van der Waals surface area contributed by atoms with Gasteiger partial charge in [-0.15, -0.1) is 22.8 Å². The summed E-state index contributed by atoms with van der Waals surface area (Å²) in [5.74, 6) is -1.63. The lowest BCUT2D eigenvalue weighted by Crippen LogP contribution is -2.05. The number of benzene rings is 5. The molecule has 1 heterocycles. The molecule has 8 heteroatoms. The normalized spacial score (nSPS) is 11.1. The smallest absolute Gasteiger partial charge is 0.336 e. The van der Waals surface area contributed by atoms with E-state index < -0.39 is 11.9 Å². The molecule has 5 aromatic carbocycles. The van der Waals surface area contributed by atoms with E-state index in [2.05, 4.69) is 22.8 Å². The summed E-state index contributed by atoms with van der Waals surface area (Å²) in [6.45, 7) is 2.00. The van der Waals surface area contributed by atoms with E-state index in [9.17, 15) is 19.8 Å². The van der Waals surface area contributed by atoms with Gasteiger partial charge >= 0.3 is 11.9 Å². The molecule has 2 N–H and O–H groups in total. The second-order valence-electron chi connectivity index (χ2n) is 9.77. The maximum atomic E-state index is 12.4. The molecule has 0 aliphatic rings. The Hall–Kier alpha value is -5.21. The van der Waals surface area contributed by atoms with Crippen LogP contribution in [0.5, 0.6) is 0 Å². The van der Waals surface area contributed by atoms with E-state index in [0.717, 1.165) is 22.0 Å². The highest BCUT2D eigenvalue weighted by atomic mass is 32.1. The van der Waals surface area contributed by atoms with E-state index in [-0.39, 0.29) is 11.1 Å². The number of nitrogens with zero attached hydrogens (tertiary/aromatic N) is 3. The second kappa shape index (κ2) is 11.0. The molecule has 0 saturated heterocycles. The van der Waals surface area contributed by atoms with Gasteiger partial charge in [-0.25, -0.2) is 9.59 Å². The third-order valence-corrected chi connectivity index (χ3v) is 7.70. The van der Waals surface area contributed by atoms with Gasteiger partial charge in [0.25, 0.3) is 0 Å². The number of thiol groups is 1. The van der Waals surface area contributed by atoms with Crippen molar-refractivity contribution in [3.63, 3.8) is 0 Å². The van der Waals surface area contributed by atoms with Crippen molar-refractivity contribution < 1.29 is 19.8 Å². The van der Waals surface area contributed by atoms with Crippen molar-refractivity contribution in [2.45, 2.75) is 18.5 Å². The highest BCUT2D eigenvalue weighted by Crippen LogP contribution is 2.41. The van der Waals surface area contributed by atoms with Crippen molar-refractivity contribution in [1.29, 1.82) is 0 Å². The van der Waals surface area contributed by atoms with E-state index in [1.165, 1.54) is 0 Å². The number of carbonyl (C=O) groups is 2. The third-order valence-electron chi connectivity index (χ3n) is 7.41. The Morgan fingerprint density at radius 2 is 1.29 bits per heavy atom. The molecule has 6 rings (SSSR count). The van der Waals surface area contributed by atoms with Crippen LogP contribution in [0, 0.1) is 0 Å². The Morgan fingerprint density at radius 1 is 0.690 bits per heavy atom. The molecule has 42 heavy (non-hydrogen) atoms. The fraction of sp³-hybridized carbons (Fsp3) is 0.0588. The van der Waals surface area contributed by atoms with E-state index in [1.807, 2.05) is 66.1 Å². The Bertz CT molecular complexity index is 2010. The quantitative estimate of drug-likeness (QED) is 0.170. The zero-order valence-electron chi connectivity index (χ0n) is 22.5. The molecule has 0 unspecified atom stereocenters. The molecular formula is C34H25N3O4S. The predicted molar refractivity (Wildman–Crippen MR) is 166 cm³/mol. The SMILES string of the molecule is CCc1cc(-c2nnc(S)n2-c2cccc3ccccc23)c(-c2ccccc2C(=O)O)cc1-c1ccccc1C(=O)O. The minimum atomic E-state index is -1.07. The molecule has 7 nitrogen and oxygen atoms in total. The van der Waals surface area contributed by atoms with E-state index >= 15 is 0 Å². The van der Waals surface area contributed by atoms with Gasteiger partial charge in [0.2, 0.25) is 0 Å². The molecule has 0 amide bonds. The van der Waals surface area contributed by atoms with Crippen molar-refractivity contribution in [3.8, 4) is 39.3 Å². The highest BCUT2D eigenvalue weighted by Gasteiger charge is 2.24. The molecule has 0 fully saturated rings. The van der Waals surface area contributed by atoms with Crippen LogP contribution in [-0.4, -0.2) is 36.9 Å². The molecule has 0 radical (unpaired) electrons. The second-order valence-corrected chi connectivity index (χ2v) is 10.2. The van der Waals surface area contributed by atoms with Crippen LogP contribution in [0.25, 0.3) is 50.1 Å². The number of carboxylic acids is 2. The molecule has 0 saturated carbocycles. The molecule has 0 aliphatic carbocycles. The monoisotopic (exact) mass is 571 g/mol. The van der Waals surface area contributed by atoms with Crippen LogP contribution in [0.2, 0.25) is 0 Å². The number of fused-ring (bicyclic) bond motifs is 1. The Balaban J connectivity index is 1.71. The number of carboxylic acid groups (broad SMARTS) is 2. The van der Waals surface area contributed by atoms with Gasteiger partial charge < -0.3 is 10.2 Å². The van der Waals surface area contributed by atoms with Crippen molar-refractivity contribution in [2.75, 3.05) is 0 Å². The van der Waals surface area contributed by atoms with Crippen molar-refractivity contribution in [2.24, 2.45) is 0 Å². The first-order valence-electron chi connectivity index (χ1n) is 13.3. The van der Waals surface area contributed by atoms with Crippen LogP contribution in [0.15, 0.2) is 108 Å². The van der Waals surface area contributed by atoms with Crippen LogP contribution in [0.3, 0.4) is 0 Å².